The van der Waals surface area contributed by atoms with Crippen molar-refractivity contribution in [3.63, 3.8) is 0 Å². The summed E-state index contributed by atoms with van der Waals surface area (Å²) in [7, 11) is 1.30. The summed E-state index contributed by atoms with van der Waals surface area (Å²) in [4.78, 5) is 12.4. The Morgan fingerprint density at radius 2 is 1.45 bits per heavy atom. The smallest absolute Gasteiger partial charge is 0.324 e. The van der Waals surface area contributed by atoms with Crippen LogP contribution in [0.5, 0.6) is 0 Å². The predicted octanol–water partition coefficient (Wildman–Crippen LogP) is 5.87. The lowest BCUT2D eigenvalue weighted by atomic mass is 9.83. The van der Waals surface area contributed by atoms with Crippen LogP contribution < -0.4 is 0 Å². The molecule has 3 rings (SSSR count). The number of hydrogen-bond acceptors (Lipinski definition) is 3. The minimum Gasteiger partial charge on any atom is -0.468 e. The average molecular weight is 402 g/mol. The third-order valence-electron chi connectivity index (χ3n) is 4.72. The first-order chi connectivity index (χ1) is 14.1. The minimum absolute atomic E-state index is 0.500. The first-order valence-electron chi connectivity index (χ1n) is 9.19. The Morgan fingerprint density at radius 1 is 0.931 bits per heavy atom. The van der Waals surface area contributed by atoms with Gasteiger partial charge in [-0.3, -0.25) is 4.79 Å². The van der Waals surface area contributed by atoms with Gasteiger partial charge in [0.2, 0.25) is 0 Å². The lowest BCUT2D eigenvalue weighted by molar-refractivity contribution is -0.143. The molecule has 3 aromatic carbocycles. The van der Waals surface area contributed by atoms with Gasteiger partial charge in [-0.2, -0.15) is 5.26 Å². The number of benzene rings is 3. The van der Waals surface area contributed by atoms with E-state index in [2.05, 4.69) is 6.07 Å². The number of carbonyl (C=O) groups is 1. The van der Waals surface area contributed by atoms with E-state index in [0.717, 1.165) is 22.3 Å². The Labute approximate surface area is 175 Å². The molecule has 0 amide bonds. The van der Waals surface area contributed by atoms with Gasteiger partial charge in [-0.25, -0.2) is 0 Å². The van der Waals surface area contributed by atoms with Crippen LogP contribution >= 0.6 is 11.6 Å². The zero-order valence-corrected chi connectivity index (χ0v) is 16.7. The lowest BCUT2D eigenvalue weighted by Crippen LogP contribution is -2.21. The third-order valence-corrected chi connectivity index (χ3v) is 4.98. The van der Waals surface area contributed by atoms with Gasteiger partial charge in [0.05, 0.1) is 13.2 Å². The normalized spacial score (nSPS) is 12.3. The number of nitrogens with zero attached hydrogens (tertiary/aromatic N) is 1. The quantitative estimate of drug-likeness (QED) is 0.485. The highest BCUT2D eigenvalue weighted by Gasteiger charge is 2.30. The van der Waals surface area contributed by atoms with Crippen molar-refractivity contribution in [3.8, 4) is 6.07 Å². The summed E-state index contributed by atoms with van der Waals surface area (Å²) in [6, 6.07) is 29.1. The van der Waals surface area contributed by atoms with Gasteiger partial charge < -0.3 is 4.74 Å². The average Bonchev–Trinajstić information content (AvgIpc) is 2.78. The molecule has 3 aromatic rings. The third kappa shape index (κ3) is 4.93. The number of halogens is 1. The lowest BCUT2D eigenvalue weighted by Gasteiger charge is -2.20. The first-order valence-corrected chi connectivity index (χ1v) is 9.57. The summed E-state index contributed by atoms with van der Waals surface area (Å²) in [6.07, 6.45) is 1.97. The highest BCUT2D eigenvalue weighted by atomic mass is 35.5. The van der Waals surface area contributed by atoms with Gasteiger partial charge in [-0.05, 0) is 34.4 Å². The van der Waals surface area contributed by atoms with Crippen LogP contribution in [-0.4, -0.2) is 13.1 Å². The molecule has 1 unspecified atom stereocenters. The molecule has 3 nitrogen and oxygen atoms in total. The Kier molecular flexibility index (Phi) is 6.84. The van der Waals surface area contributed by atoms with Gasteiger partial charge >= 0.3 is 5.97 Å². The Bertz CT molecular complexity index is 980. The van der Waals surface area contributed by atoms with Crippen molar-refractivity contribution in [1.82, 2.24) is 0 Å². The van der Waals surface area contributed by atoms with Crippen LogP contribution in [0.3, 0.4) is 0 Å². The molecule has 2 atom stereocenters. The molecule has 0 saturated carbocycles. The van der Waals surface area contributed by atoms with E-state index in [1.807, 2.05) is 78.9 Å². The van der Waals surface area contributed by atoms with E-state index in [0.29, 0.717) is 5.02 Å². The largest absolute Gasteiger partial charge is 0.468 e. The molecule has 0 aromatic heterocycles. The maximum Gasteiger partial charge on any atom is 0.324 e. The molecule has 0 N–H and O–H groups in total. The zero-order chi connectivity index (χ0) is 20.6. The summed E-state index contributed by atoms with van der Waals surface area (Å²) in [5.74, 6) is -2.05. The van der Waals surface area contributed by atoms with Gasteiger partial charge in [-0.1, -0.05) is 90.5 Å². The van der Waals surface area contributed by atoms with E-state index in [1.165, 1.54) is 7.11 Å². The topological polar surface area (TPSA) is 50.1 Å². The Morgan fingerprint density at radius 3 is 1.90 bits per heavy atom. The molecule has 0 fully saturated rings. The van der Waals surface area contributed by atoms with Crippen LogP contribution in [-0.2, 0) is 9.53 Å². The van der Waals surface area contributed by atoms with E-state index < -0.39 is 17.8 Å². The fourth-order valence-electron chi connectivity index (χ4n) is 3.25. The second kappa shape index (κ2) is 9.73. The van der Waals surface area contributed by atoms with Crippen molar-refractivity contribution in [2.75, 3.05) is 7.11 Å². The second-order valence-electron chi connectivity index (χ2n) is 6.52. The van der Waals surface area contributed by atoms with Crippen LogP contribution in [0.2, 0.25) is 5.02 Å². The molecular formula is C25H20ClNO2. The second-order valence-corrected chi connectivity index (χ2v) is 6.96. The van der Waals surface area contributed by atoms with Crippen molar-refractivity contribution in [3.05, 3.63) is 113 Å². The molecule has 0 heterocycles. The van der Waals surface area contributed by atoms with Crippen LogP contribution in [0.15, 0.2) is 91.0 Å². The fourth-order valence-corrected chi connectivity index (χ4v) is 3.38. The maximum atomic E-state index is 12.4. The number of ether oxygens (including phenoxy) is 1. The molecule has 0 aliphatic heterocycles. The summed E-state index contributed by atoms with van der Waals surface area (Å²) < 4.78 is 4.91. The van der Waals surface area contributed by atoms with Crippen molar-refractivity contribution in [1.29, 1.82) is 5.26 Å². The fraction of sp³-hybridized carbons (Fsp3) is 0.120. The number of rotatable bonds is 6. The number of esters is 1. The Hall–Kier alpha value is -3.35. The number of nitriles is 1. The highest BCUT2D eigenvalue weighted by Crippen LogP contribution is 2.34. The van der Waals surface area contributed by atoms with Crippen LogP contribution in [0.4, 0.5) is 0 Å². The van der Waals surface area contributed by atoms with E-state index in [-0.39, 0.29) is 0 Å². The van der Waals surface area contributed by atoms with Crippen LogP contribution in [0, 0.1) is 17.2 Å². The maximum absolute atomic E-state index is 12.4. The molecule has 0 bridgehead atoms. The Balaban J connectivity index is 2.20. The summed E-state index contributed by atoms with van der Waals surface area (Å²) >= 11 is 6.05. The number of allylic oxidation sites excluding steroid dienone is 1. The standard InChI is InChI=1S/C25H20ClNO2/c1-29-25(28)24(17-27)23(20-12-14-21(26)15-13-20)16-22(18-8-4-2-5-9-18)19-10-6-3-7-11-19/h2-16,23-24H,1H3/t23-,24?/m1/s1. The van der Waals surface area contributed by atoms with Gasteiger partial charge in [0, 0.05) is 10.9 Å². The molecule has 4 heteroatoms. The molecule has 0 radical (unpaired) electrons. The van der Waals surface area contributed by atoms with E-state index in [4.69, 9.17) is 16.3 Å². The zero-order valence-electron chi connectivity index (χ0n) is 16.0. The van der Waals surface area contributed by atoms with Gasteiger partial charge in [0.1, 0.15) is 0 Å². The van der Waals surface area contributed by atoms with Crippen molar-refractivity contribution >= 4 is 23.1 Å². The summed E-state index contributed by atoms with van der Waals surface area (Å²) in [6.45, 7) is 0. The molecule has 0 saturated heterocycles. The van der Waals surface area contributed by atoms with Gasteiger partial charge in [-0.15, -0.1) is 0 Å². The molecule has 0 spiro atoms. The molecule has 29 heavy (non-hydrogen) atoms. The van der Waals surface area contributed by atoms with E-state index >= 15 is 0 Å². The number of carbonyl (C=O) groups excluding carboxylic acids is 1. The summed E-state index contributed by atoms with van der Waals surface area (Å²) in [5, 5.41) is 10.4. The predicted molar refractivity (Wildman–Crippen MR) is 115 cm³/mol. The minimum atomic E-state index is -0.983. The van der Waals surface area contributed by atoms with Crippen molar-refractivity contribution in [2.24, 2.45) is 5.92 Å². The van der Waals surface area contributed by atoms with Crippen LogP contribution in [0.25, 0.3) is 5.57 Å². The SMILES string of the molecule is COC(=O)C(C#N)[C@H](C=C(c1ccccc1)c1ccccc1)c1ccc(Cl)cc1. The van der Waals surface area contributed by atoms with Crippen LogP contribution in [0.1, 0.15) is 22.6 Å². The monoisotopic (exact) mass is 401 g/mol. The van der Waals surface area contributed by atoms with E-state index in [9.17, 15) is 10.1 Å². The molecule has 0 aliphatic rings. The highest BCUT2D eigenvalue weighted by molar-refractivity contribution is 6.30. The first kappa shape index (κ1) is 20.4. The number of methoxy groups -OCH3 is 1. The van der Waals surface area contributed by atoms with E-state index in [1.54, 1.807) is 12.1 Å². The van der Waals surface area contributed by atoms with Crippen molar-refractivity contribution < 1.29 is 9.53 Å². The van der Waals surface area contributed by atoms with Gasteiger partial charge in [0.25, 0.3) is 0 Å². The molecular weight excluding hydrogens is 382 g/mol. The number of hydrogen-bond donors (Lipinski definition) is 0. The molecule has 0 aliphatic carbocycles. The summed E-state index contributed by atoms with van der Waals surface area (Å²) in [5.41, 5.74) is 3.75. The van der Waals surface area contributed by atoms with Gasteiger partial charge in [0.15, 0.2) is 5.92 Å². The van der Waals surface area contributed by atoms with Crippen molar-refractivity contribution in [2.45, 2.75) is 5.92 Å². The molecule has 144 valence electrons.